The minimum atomic E-state index is -0.165. The molecule has 0 bridgehead atoms. The van der Waals surface area contributed by atoms with Crippen molar-refractivity contribution in [1.82, 2.24) is 30.8 Å². The van der Waals surface area contributed by atoms with Gasteiger partial charge in [-0.1, -0.05) is 30.7 Å². The number of amides is 2. The van der Waals surface area contributed by atoms with Crippen LogP contribution in [0.25, 0.3) is 0 Å². The van der Waals surface area contributed by atoms with E-state index < -0.39 is 0 Å². The summed E-state index contributed by atoms with van der Waals surface area (Å²) in [6.07, 6.45) is 6.59. The summed E-state index contributed by atoms with van der Waals surface area (Å²) in [7, 11) is 0. The molecule has 1 aromatic heterocycles. The first kappa shape index (κ1) is 15.1. The number of nitrogens with one attached hydrogen (secondary N) is 2. The molecule has 0 saturated heterocycles. The number of aryl methyl sites for hydroxylation is 1. The van der Waals surface area contributed by atoms with Gasteiger partial charge in [0.1, 0.15) is 0 Å². The molecule has 1 heterocycles. The maximum atomic E-state index is 12.3. The van der Waals surface area contributed by atoms with Gasteiger partial charge in [0, 0.05) is 0 Å². The molecule has 7 nitrogen and oxygen atoms in total. The second-order valence-electron chi connectivity index (χ2n) is 6.60. The first-order valence-electron chi connectivity index (χ1n) is 8.70. The Morgan fingerprint density at radius 1 is 1.21 bits per heavy atom. The van der Waals surface area contributed by atoms with E-state index in [1.165, 1.54) is 17.5 Å². The van der Waals surface area contributed by atoms with Crippen molar-refractivity contribution in [3.8, 4) is 0 Å². The van der Waals surface area contributed by atoms with Gasteiger partial charge in [-0.05, 0) is 53.7 Å². The van der Waals surface area contributed by atoms with Gasteiger partial charge in [-0.25, -0.2) is 9.48 Å². The molecule has 24 heavy (non-hydrogen) atoms. The minimum absolute atomic E-state index is 0.0723. The van der Waals surface area contributed by atoms with Crippen LogP contribution in [0.5, 0.6) is 0 Å². The van der Waals surface area contributed by atoms with Gasteiger partial charge in [-0.15, -0.1) is 5.10 Å². The highest BCUT2D eigenvalue weighted by atomic mass is 16.2. The van der Waals surface area contributed by atoms with Crippen molar-refractivity contribution in [1.29, 1.82) is 0 Å². The quantitative estimate of drug-likeness (QED) is 0.844. The first-order valence-corrected chi connectivity index (χ1v) is 8.70. The van der Waals surface area contributed by atoms with Gasteiger partial charge in [0.15, 0.2) is 5.82 Å². The molecule has 0 radical (unpaired) electrons. The highest BCUT2D eigenvalue weighted by molar-refractivity contribution is 5.74. The Morgan fingerprint density at radius 3 is 2.96 bits per heavy atom. The second kappa shape index (κ2) is 6.59. The normalized spacial score (nSPS) is 20.1. The van der Waals surface area contributed by atoms with E-state index in [2.05, 4.69) is 44.4 Å². The van der Waals surface area contributed by atoms with E-state index in [9.17, 15) is 4.79 Å². The largest absolute Gasteiger partial charge is 0.331 e. The maximum Gasteiger partial charge on any atom is 0.315 e. The van der Waals surface area contributed by atoms with Crippen LogP contribution in [-0.4, -0.2) is 26.2 Å². The third kappa shape index (κ3) is 3.25. The number of fused-ring (bicyclic) bond motifs is 1. The molecular formula is C17H22N6O. The summed E-state index contributed by atoms with van der Waals surface area (Å²) in [5.41, 5.74) is 2.59. The summed E-state index contributed by atoms with van der Waals surface area (Å²) in [5, 5.41) is 17.7. The molecule has 1 saturated carbocycles. The van der Waals surface area contributed by atoms with Crippen molar-refractivity contribution in [2.24, 2.45) is 0 Å². The van der Waals surface area contributed by atoms with E-state index in [1.807, 2.05) is 10.7 Å². The number of tetrazole rings is 1. The molecule has 1 unspecified atom stereocenters. The molecule has 0 spiro atoms. The predicted octanol–water partition coefficient (Wildman–Crippen LogP) is 2.27. The first-order chi connectivity index (χ1) is 11.8. The van der Waals surface area contributed by atoms with Crippen LogP contribution in [0.15, 0.2) is 24.3 Å². The standard InChI is InChI=1S/C17H22N6O/c24-17(18-11-16-20-21-22-23(16)13-9-10-13)19-15-8-4-2-6-12-5-1-3-7-14(12)15/h1,3,5,7,13,15H,2,4,6,8-11H2,(H2,18,19,24). The number of benzene rings is 1. The molecule has 2 aliphatic carbocycles. The van der Waals surface area contributed by atoms with E-state index in [0.29, 0.717) is 18.4 Å². The number of hydrogen-bond donors (Lipinski definition) is 2. The van der Waals surface area contributed by atoms with Gasteiger partial charge in [0.05, 0.1) is 18.6 Å². The SMILES string of the molecule is O=C(NCc1nnnn1C1CC1)NC1CCCCc2ccccc21. The average molecular weight is 326 g/mol. The van der Waals surface area contributed by atoms with E-state index in [0.717, 1.165) is 32.1 Å². The van der Waals surface area contributed by atoms with Crippen molar-refractivity contribution in [3.05, 3.63) is 41.2 Å². The Labute approximate surface area is 140 Å². The van der Waals surface area contributed by atoms with Crippen LogP contribution in [0.2, 0.25) is 0 Å². The molecule has 2 amide bonds. The Kier molecular flexibility index (Phi) is 4.15. The molecule has 4 rings (SSSR count). The van der Waals surface area contributed by atoms with Gasteiger partial charge in [-0.2, -0.15) is 0 Å². The lowest BCUT2D eigenvalue weighted by atomic mass is 9.99. The topological polar surface area (TPSA) is 84.7 Å². The van der Waals surface area contributed by atoms with Crippen LogP contribution in [0.3, 0.4) is 0 Å². The highest BCUT2D eigenvalue weighted by Crippen LogP contribution is 2.34. The van der Waals surface area contributed by atoms with E-state index in [4.69, 9.17) is 0 Å². The molecule has 0 aliphatic heterocycles. The molecule has 126 valence electrons. The number of nitrogens with zero attached hydrogens (tertiary/aromatic N) is 4. The molecular weight excluding hydrogens is 304 g/mol. The fraction of sp³-hybridized carbons (Fsp3) is 0.529. The third-order valence-electron chi connectivity index (χ3n) is 4.79. The predicted molar refractivity (Wildman–Crippen MR) is 88.2 cm³/mol. The van der Waals surface area contributed by atoms with Gasteiger partial charge in [0.2, 0.25) is 0 Å². The van der Waals surface area contributed by atoms with Crippen LogP contribution in [0.4, 0.5) is 4.79 Å². The molecule has 2 N–H and O–H groups in total. The summed E-state index contributed by atoms with van der Waals surface area (Å²) < 4.78 is 1.82. The van der Waals surface area contributed by atoms with Crippen molar-refractivity contribution >= 4 is 6.03 Å². The molecule has 7 heteroatoms. The van der Waals surface area contributed by atoms with Crippen LogP contribution in [0.1, 0.15) is 61.1 Å². The van der Waals surface area contributed by atoms with Gasteiger partial charge >= 0.3 is 6.03 Å². The van der Waals surface area contributed by atoms with Crippen molar-refractivity contribution in [2.45, 2.75) is 57.2 Å². The minimum Gasteiger partial charge on any atom is -0.331 e. The second-order valence-corrected chi connectivity index (χ2v) is 6.60. The number of hydrogen-bond acceptors (Lipinski definition) is 4. The van der Waals surface area contributed by atoms with Crippen LogP contribution >= 0.6 is 0 Å². The molecule has 1 aromatic carbocycles. The van der Waals surface area contributed by atoms with Crippen molar-refractivity contribution in [3.63, 3.8) is 0 Å². The average Bonchev–Trinajstić information content (AvgIpc) is 3.37. The zero-order valence-corrected chi connectivity index (χ0v) is 13.6. The van der Waals surface area contributed by atoms with E-state index in [-0.39, 0.29) is 12.1 Å². The van der Waals surface area contributed by atoms with Gasteiger partial charge in [-0.3, -0.25) is 0 Å². The molecule has 2 aliphatic rings. The number of carbonyl (C=O) groups excluding carboxylic acids is 1. The zero-order chi connectivity index (χ0) is 16.4. The number of carbonyl (C=O) groups is 1. The maximum absolute atomic E-state index is 12.3. The molecule has 2 aromatic rings. The Balaban J connectivity index is 1.38. The van der Waals surface area contributed by atoms with Crippen molar-refractivity contribution < 1.29 is 4.79 Å². The lowest BCUT2D eigenvalue weighted by Gasteiger charge is -2.19. The Bertz CT molecular complexity index is 723. The lowest BCUT2D eigenvalue weighted by Crippen LogP contribution is -2.38. The zero-order valence-electron chi connectivity index (χ0n) is 13.6. The number of rotatable bonds is 4. The van der Waals surface area contributed by atoms with E-state index in [1.54, 1.807) is 0 Å². The molecule has 1 fully saturated rings. The van der Waals surface area contributed by atoms with Gasteiger partial charge in [0.25, 0.3) is 0 Å². The Hall–Kier alpha value is -2.44. The highest BCUT2D eigenvalue weighted by Gasteiger charge is 2.28. The fourth-order valence-electron chi connectivity index (χ4n) is 3.37. The Morgan fingerprint density at radius 2 is 2.08 bits per heavy atom. The van der Waals surface area contributed by atoms with E-state index >= 15 is 0 Å². The smallest absolute Gasteiger partial charge is 0.315 e. The third-order valence-corrected chi connectivity index (χ3v) is 4.79. The lowest BCUT2D eigenvalue weighted by molar-refractivity contribution is 0.235. The summed E-state index contributed by atoms with van der Waals surface area (Å²) in [4.78, 5) is 12.3. The van der Waals surface area contributed by atoms with Crippen LogP contribution in [-0.2, 0) is 13.0 Å². The number of urea groups is 1. The fourth-order valence-corrected chi connectivity index (χ4v) is 3.37. The molecule has 1 atom stereocenters. The van der Waals surface area contributed by atoms with Crippen LogP contribution in [0, 0.1) is 0 Å². The number of aromatic nitrogens is 4. The monoisotopic (exact) mass is 326 g/mol. The summed E-state index contributed by atoms with van der Waals surface area (Å²) in [6.45, 7) is 0.351. The van der Waals surface area contributed by atoms with Crippen molar-refractivity contribution in [2.75, 3.05) is 0 Å². The summed E-state index contributed by atoms with van der Waals surface area (Å²) in [5.74, 6) is 0.717. The van der Waals surface area contributed by atoms with Gasteiger partial charge < -0.3 is 10.6 Å². The summed E-state index contributed by atoms with van der Waals surface area (Å²) >= 11 is 0. The van der Waals surface area contributed by atoms with Crippen LogP contribution < -0.4 is 10.6 Å². The summed E-state index contributed by atoms with van der Waals surface area (Å²) in [6, 6.07) is 8.72.